The summed E-state index contributed by atoms with van der Waals surface area (Å²) in [6.07, 6.45) is 10.6. The Morgan fingerprint density at radius 1 is 0.875 bits per heavy atom. The van der Waals surface area contributed by atoms with Gasteiger partial charge < -0.3 is 10.2 Å². The minimum absolute atomic E-state index is 0.134. The molecule has 5 rings (SSSR count). The van der Waals surface area contributed by atoms with E-state index in [1.807, 2.05) is 0 Å². The molecule has 0 aliphatic heterocycles. The van der Waals surface area contributed by atoms with Gasteiger partial charge in [-0.1, -0.05) is 39.8 Å². The minimum Gasteiger partial charge on any atom is -0.481 e. The number of aliphatic hydroxyl groups excluding tert-OH is 1. The summed E-state index contributed by atoms with van der Waals surface area (Å²) in [5, 5.41) is 21.1. The highest BCUT2D eigenvalue weighted by Gasteiger charge is 2.71. The molecule has 0 heterocycles. The van der Waals surface area contributed by atoms with Crippen molar-refractivity contribution in [1.82, 2.24) is 0 Å². The van der Waals surface area contributed by atoms with Gasteiger partial charge in [0.15, 0.2) is 0 Å². The second kappa shape index (κ2) is 7.09. The van der Waals surface area contributed by atoms with Gasteiger partial charge in [-0.25, -0.2) is 0 Å². The zero-order chi connectivity index (χ0) is 23.3. The molecule has 0 aromatic heterocycles. The van der Waals surface area contributed by atoms with Crippen LogP contribution in [0.2, 0.25) is 0 Å². The maximum Gasteiger partial charge on any atom is 0.309 e. The smallest absolute Gasteiger partial charge is 0.309 e. The van der Waals surface area contributed by atoms with Crippen molar-refractivity contribution >= 4 is 5.97 Å². The van der Waals surface area contributed by atoms with E-state index in [4.69, 9.17) is 0 Å². The van der Waals surface area contributed by atoms with Crippen molar-refractivity contribution < 1.29 is 15.0 Å². The van der Waals surface area contributed by atoms with Crippen LogP contribution in [0.1, 0.15) is 98.8 Å². The van der Waals surface area contributed by atoms with Crippen molar-refractivity contribution in [2.24, 2.45) is 57.2 Å². The summed E-state index contributed by atoms with van der Waals surface area (Å²) in [6.45, 7) is 16.5. The molecular weight excluding hydrogens is 396 g/mol. The summed E-state index contributed by atoms with van der Waals surface area (Å²) in [5.74, 6) is 2.29. The fourth-order valence-electron chi connectivity index (χ4n) is 11.1. The van der Waals surface area contributed by atoms with Crippen molar-refractivity contribution in [3.05, 3.63) is 12.2 Å². The largest absolute Gasteiger partial charge is 0.481 e. The number of carboxylic acid groups (broad SMARTS) is 1. The van der Waals surface area contributed by atoms with Crippen molar-refractivity contribution in [2.45, 2.75) is 105 Å². The lowest BCUT2D eigenvalue weighted by molar-refractivity contribution is -0.236. The van der Waals surface area contributed by atoms with Crippen molar-refractivity contribution in [2.75, 3.05) is 0 Å². The topological polar surface area (TPSA) is 57.5 Å². The van der Waals surface area contributed by atoms with Crippen molar-refractivity contribution in [3.8, 4) is 0 Å². The van der Waals surface area contributed by atoms with E-state index in [0.717, 1.165) is 38.5 Å². The third-order valence-corrected chi connectivity index (χ3v) is 13.1. The van der Waals surface area contributed by atoms with Gasteiger partial charge in [-0.3, -0.25) is 4.79 Å². The normalized spacial score (nSPS) is 57.0. The van der Waals surface area contributed by atoms with Crippen molar-refractivity contribution in [1.29, 1.82) is 0 Å². The van der Waals surface area contributed by atoms with Crippen molar-refractivity contribution in [3.63, 3.8) is 0 Å². The summed E-state index contributed by atoms with van der Waals surface area (Å²) in [6, 6.07) is 0. The van der Waals surface area contributed by atoms with E-state index in [1.165, 1.54) is 31.3 Å². The Balaban J connectivity index is 1.56. The van der Waals surface area contributed by atoms with Gasteiger partial charge in [0.2, 0.25) is 0 Å². The maximum absolute atomic E-state index is 12.7. The number of hydrogen-bond donors (Lipinski definition) is 2. The molecule has 11 atom stereocenters. The van der Waals surface area contributed by atoms with E-state index in [9.17, 15) is 15.0 Å². The number of hydrogen-bond acceptors (Lipinski definition) is 2. The van der Waals surface area contributed by atoms with Crippen LogP contribution in [0, 0.1) is 57.2 Å². The molecular formula is C29H46O3. The highest BCUT2D eigenvalue weighted by molar-refractivity contribution is 5.76. The molecule has 0 radical (unpaired) electrons. The summed E-state index contributed by atoms with van der Waals surface area (Å²) < 4.78 is 0. The average molecular weight is 443 g/mol. The Kier molecular flexibility index (Phi) is 5.08. The van der Waals surface area contributed by atoms with Crippen LogP contribution in [0.5, 0.6) is 0 Å². The monoisotopic (exact) mass is 442 g/mol. The van der Waals surface area contributed by atoms with E-state index < -0.39 is 11.4 Å². The second-order valence-corrected chi connectivity index (χ2v) is 13.7. The van der Waals surface area contributed by atoms with E-state index in [1.54, 1.807) is 0 Å². The predicted octanol–water partition coefficient (Wildman–Crippen LogP) is 6.70. The van der Waals surface area contributed by atoms with Gasteiger partial charge in [0.1, 0.15) is 0 Å². The van der Waals surface area contributed by atoms with E-state index in [2.05, 4.69) is 41.2 Å². The SMILES string of the molecule is C=C(C)C1CCC2(C(=O)O)CC[C@]3(C)C(CCC4C5(C)CCC(O)C(C)C5CCC43C)C12. The van der Waals surface area contributed by atoms with Gasteiger partial charge in [-0.15, -0.1) is 0 Å². The molecule has 0 amide bonds. The first-order valence-corrected chi connectivity index (χ1v) is 13.5. The Morgan fingerprint density at radius 3 is 2.25 bits per heavy atom. The number of allylic oxidation sites excluding steroid dienone is 1. The van der Waals surface area contributed by atoms with Crippen LogP contribution < -0.4 is 0 Å². The van der Waals surface area contributed by atoms with Crippen LogP contribution in [0.25, 0.3) is 0 Å². The Morgan fingerprint density at radius 2 is 1.59 bits per heavy atom. The molecule has 0 aromatic rings. The molecule has 10 unspecified atom stereocenters. The van der Waals surface area contributed by atoms with Crippen LogP contribution in [-0.2, 0) is 4.79 Å². The molecule has 0 saturated heterocycles. The molecule has 5 saturated carbocycles. The van der Waals surface area contributed by atoms with Crippen LogP contribution >= 0.6 is 0 Å². The van der Waals surface area contributed by atoms with E-state index >= 15 is 0 Å². The fourth-order valence-corrected chi connectivity index (χ4v) is 11.1. The van der Waals surface area contributed by atoms with Crippen LogP contribution in [0.15, 0.2) is 12.2 Å². The summed E-state index contributed by atoms with van der Waals surface area (Å²) in [5.41, 5.74) is 1.45. The molecule has 180 valence electrons. The quantitative estimate of drug-likeness (QED) is 0.468. The number of aliphatic hydroxyl groups is 1. The third-order valence-electron chi connectivity index (χ3n) is 13.1. The van der Waals surface area contributed by atoms with Gasteiger partial charge >= 0.3 is 5.97 Å². The number of aliphatic carboxylic acids is 1. The lowest BCUT2D eigenvalue weighted by Gasteiger charge is -2.71. The highest BCUT2D eigenvalue weighted by Crippen LogP contribution is 2.76. The molecule has 2 N–H and O–H groups in total. The first kappa shape index (κ1) is 22.9. The molecule has 32 heavy (non-hydrogen) atoms. The number of carbonyl (C=O) groups is 1. The van der Waals surface area contributed by atoms with Gasteiger partial charge in [0, 0.05) is 0 Å². The predicted molar refractivity (Wildman–Crippen MR) is 128 cm³/mol. The van der Waals surface area contributed by atoms with Gasteiger partial charge in [0.05, 0.1) is 11.5 Å². The van der Waals surface area contributed by atoms with Crippen LogP contribution in [0.4, 0.5) is 0 Å². The first-order chi connectivity index (χ1) is 14.9. The molecule has 5 aliphatic carbocycles. The lowest BCUT2D eigenvalue weighted by Crippen LogP contribution is -2.66. The zero-order valence-electron chi connectivity index (χ0n) is 21.1. The standard InChI is InChI=1S/C29H46O3/c1-17(2)19-9-14-29(25(31)32)16-15-27(5)21(24(19)29)7-8-23-26(4)12-11-22(30)18(3)20(26)10-13-28(23,27)6/h18-24,30H,1,7-16H2,2-6H3,(H,31,32)/t18?,19?,20?,21?,22?,23?,24?,26?,27-,28?,29?/m1/s1. The van der Waals surface area contributed by atoms with E-state index in [-0.39, 0.29) is 22.9 Å². The molecule has 0 aromatic carbocycles. The first-order valence-electron chi connectivity index (χ1n) is 13.5. The number of rotatable bonds is 2. The minimum atomic E-state index is -0.536. The number of carboxylic acids is 1. The Labute approximate surface area is 195 Å². The third kappa shape index (κ3) is 2.61. The van der Waals surface area contributed by atoms with Crippen LogP contribution in [0.3, 0.4) is 0 Å². The molecule has 3 nitrogen and oxygen atoms in total. The van der Waals surface area contributed by atoms with Gasteiger partial charge in [0.25, 0.3) is 0 Å². The summed E-state index contributed by atoms with van der Waals surface area (Å²) in [4.78, 5) is 12.7. The molecule has 3 heteroatoms. The fraction of sp³-hybridized carbons (Fsp3) is 0.897. The number of fused-ring (bicyclic) bond motifs is 7. The molecule has 5 fully saturated rings. The van der Waals surface area contributed by atoms with E-state index in [0.29, 0.717) is 35.0 Å². The summed E-state index contributed by atoms with van der Waals surface area (Å²) in [7, 11) is 0. The maximum atomic E-state index is 12.7. The van der Waals surface area contributed by atoms with Crippen LogP contribution in [-0.4, -0.2) is 22.3 Å². The Hall–Kier alpha value is -0.830. The average Bonchev–Trinajstić information content (AvgIpc) is 3.13. The van der Waals surface area contributed by atoms with Gasteiger partial charge in [-0.2, -0.15) is 0 Å². The Bertz CT molecular complexity index is 819. The molecule has 0 spiro atoms. The summed E-state index contributed by atoms with van der Waals surface area (Å²) >= 11 is 0. The highest BCUT2D eigenvalue weighted by atomic mass is 16.4. The lowest BCUT2D eigenvalue weighted by atomic mass is 9.33. The zero-order valence-corrected chi connectivity index (χ0v) is 21.1. The molecule has 0 bridgehead atoms. The second-order valence-electron chi connectivity index (χ2n) is 13.7. The van der Waals surface area contributed by atoms with Gasteiger partial charge in [-0.05, 0) is 123 Å². The molecule has 5 aliphatic rings.